The van der Waals surface area contributed by atoms with Crippen LogP contribution in [0.2, 0.25) is 0 Å². The zero-order valence-electron chi connectivity index (χ0n) is 11.9. The summed E-state index contributed by atoms with van der Waals surface area (Å²) in [6.07, 6.45) is 5.15. The lowest BCUT2D eigenvalue weighted by molar-refractivity contribution is 0.0940. The Balaban J connectivity index is 1.86. The van der Waals surface area contributed by atoms with Gasteiger partial charge in [-0.1, -0.05) is 38.0 Å². The first-order chi connectivity index (χ1) is 9.70. The summed E-state index contributed by atoms with van der Waals surface area (Å²) in [6.45, 7) is 3.43. The Kier molecular flexibility index (Phi) is 5.63. The zero-order valence-corrected chi connectivity index (χ0v) is 12.8. The molecule has 0 radical (unpaired) electrons. The van der Waals surface area contributed by atoms with E-state index < -0.39 is 0 Å². The Hall–Kier alpha value is -1.31. The highest BCUT2D eigenvalue weighted by atomic mass is 32.1. The molecule has 20 heavy (non-hydrogen) atoms. The molecule has 1 aliphatic carbocycles. The highest BCUT2D eigenvalue weighted by Gasteiger charge is 2.22. The van der Waals surface area contributed by atoms with Crippen LogP contribution in [0.15, 0.2) is 12.1 Å². The van der Waals surface area contributed by atoms with Gasteiger partial charge >= 0.3 is 0 Å². The summed E-state index contributed by atoms with van der Waals surface area (Å²) in [4.78, 5) is 13.7. The fraction of sp³-hybridized carbons (Fsp3) is 0.562. The van der Waals surface area contributed by atoms with Crippen molar-refractivity contribution in [3.63, 3.8) is 0 Å². The fourth-order valence-corrected chi connectivity index (χ4v) is 3.47. The molecule has 0 bridgehead atoms. The molecule has 2 atom stereocenters. The quantitative estimate of drug-likeness (QED) is 0.841. The van der Waals surface area contributed by atoms with Crippen molar-refractivity contribution in [2.75, 3.05) is 13.1 Å². The standard InChI is InChI=1S/C16H22N2OS/c1-12-5-2-3-6-13(12)11-18-16(19)15-9-8-14(20-15)7-4-10-17/h8-9,12-13H,2-3,5-6,10-11,17H2,1H3,(H,18,19). The van der Waals surface area contributed by atoms with Gasteiger partial charge in [-0.3, -0.25) is 4.79 Å². The van der Waals surface area contributed by atoms with E-state index in [-0.39, 0.29) is 5.91 Å². The van der Waals surface area contributed by atoms with Gasteiger partial charge in [0.25, 0.3) is 5.91 Å². The monoisotopic (exact) mass is 290 g/mol. The van der Waals surface area contributed by atoms with Crippen LogP contribution in [0.1, 0.15) is 47.2 Å². The lowest BCUT2D eigenvalue weighted by atomic mass is 9.80. The summed E-state index contributed by atoms with van der Waals surface area (Å²) in [5.74, 6) is 7.13. The van der Waals surface area contributed by atoms with E-state index in [2.05, 4.69) is 24.1 Å². The number of nitrogens with one attached hydrogen (secondary N) is 1. The molecule has 1 aliphatic rings. The van der Waals surface area contributed by atoms with Gasteiger partial charge in [0.2, 0.25) is 0 Å². The van der Waals surface area contributed by atoms with Crippen molar-refractivity contribution in [2.45, 2.75) is 32.6 Å². The number of carbonyl (C=O) groups is 1. The molecule has 1 amide bonds. The summed E-state index contributed by atoms with van der Waals surface area (Å²) in [5.41, 5.74) is 5.34. The second-order valence-electron chi connectivity index (χ2n) is 5.40. The molecule has 1 saturated carbocycles. The van der Waals surface area contributed by atoms with Crippen LogP contribution in [0, 0.1) is 23.7 Å². The predicted molar refractivity (Wildman–Crippen MR) is 83.7 cm³/mol. The summed E-state index contributed by atoms with van der Waals surface area (Å²) < 4.78 is 0. The fourth-order valence-electron chi connectivity index (χ4n) is 2.67. The Labute approximate surface area is 124 Å². The van der Waals surface area contributed by atoms with Crippen LogP contribution in [-0.2, 0) is 0 Å². The van der Waals surface area contributed by atoms with Crippen molar-refractivity contribution in [1.82, 2.24) is 5.32 Å². The maximum atomic E-state index is 12.1. The molecule has 2 rings (SSSR count). The summed E-state index contributed by atoms with van der Waals surface area (Å²) in [7, 11) is 0. The van der Waals surface area contributed by atoms with Gasteiger partial charge in [-0.15, -0.1) is 11.3 Å². The van der Waals surface area contributed by atoms with E-state index in [1.165, 1.54) is 37.0 Å². The number of hydrogen-bond acceptors (Lipinski definition) is 3. The summed E-state index contributed by atoms with van der Waals surface area (Å²) in [5, 5.41) is 3.07. The van der Waals surface area contributed by atoms with Crippen LogP contribution < -0.4 is 11.1 Å². The van der Waals surface area contributed by atoms with Crippen LogP contribution in [0.5, 0.6) is 0 Å². The first kappa shape index (κ1) is 15.1. The smallest absolute Gasteiger partial charge is 0.261 e. The van der Waals surface area contributed by atoms with Gasteiger partial charge in [0.15, 0.2) is 0 Å². The molecule has 0 aliphatic heterocycles. The summed E-state index contributed by atoms with van der Waals surface area (Å²) >= 11 is 1.43. The minimum Gasteiger partial charge on any atom is -0.351 e. The lowest BCUT2D eigenvalue weighted by Crippen LogP contribution is -2.33. The van der Waals surface area contributed by atoms with Gasteiger partial charge in [0.1, 0.15) is 0 Å². The molecule has 1 aromatic rings. The average molecular weight is 290 g/mol. The molecular formula is C16H22N2OS. The minimum atomic E-state index is 0.0218. The molecule has 108 valence electrons. The molecule has 0 aromatic carbocycles. The molecular weight excluding hydrogens is 268 g/mol. The van der Waals surface area contributed by atoms with Crippen molar-refractivity contribution < 1.29 is 4.79 Å². The third-order valence-corrected chi connectivity index (χ3v) is 4.96. The van der Waals surface area contributed by atoms with E-state index in [9.17, 15) is 4.79 Å². The first-order valence-corrected chi connectivity index (χ1v) is 8.09. The van der Waals surface area contributed by atoms with Crippen molar-refractivity contribution in [3.05, 3.63) is 21.9 Å². The van der Waals surface area contributed by atoms with Crippen molar-refractivity contribution in [3.8, 4) is 11.8 Å². The van der Waals surface area contributed by atoms with Gasteiger partial charge in [-0.2, -0.15) is 0 Å². The highest BCUT2D eigenvalue weighted by Crippen LogP contribution is 2.29. The minimum absolute atomic E-state index is 0.0218. The third-order valence-electron chi connectivity index (χ3n) is 3.96. The van der Waals surface area contributed by atoms with E-state index in [1.807, 2.05) is 12.1 Å². The second kappa shape index (κ2) is 7.47. The molecule has 1 fully saturated rings. The Bertz CT molecular complexity index is 512. The predicted octanol–water partition coefficient (Wildman–Crippen LogP) is 2.61. The largest absolute Gasteiger partial charge is 0.351 e. The van der Waals surface area contributed by atoms with Gasteiger partial charge in [-0.05, 0) is 30.4 Å². The average Bonchev–Trinajstić information content (AvgIpc) is 2.93. The topological polar surface area (TPSA) is 55.1 Å². The molecule has 4 heteroatoms. The first-order valence-electron chi connectivity index (χ1n) is 7.27. The maximum Gasteiger partial charge on any atom is 0.261 e. The molecule has 1 aromatic heterocycles. The van der Waals surface area contributed by atoms with Gasteiger partial charge in [0.05, 0.1) is 16.3 Å². The Morgan fingerprint density at radius 2 is 2.25 bits per heavy atom. The third kappa shape index (κ3) is 4.09. The number of carbonyl (C=O) groups excluding carboxylic acids is 1. The van der Waals surface area contributed by atoms with Gasteiger partial charge < -0.3 is 11.1 Å². The van der Waals surface area contributed by atoms with Crippen LogP contribution in [0.25, 0.3) is 0 Å². The zero-order chi connectivity index (χ0) is 14.4. The van der Waals surface area contributed by atoms with Crippen LogP contribution in [0.4, 0.5) is 0 Å². The summed E-state index contributed by atoms with van der Waals surface area (Å²) in [6, 6.07) is 3.72. The van der Waals surface area contributed by atoms with Crippen LogP contribution >= 0.6 is 11.3 Å². The van der Waals surface area contributed by atoms with Crippen molar-refractivity contribution >= 4 is 17.2 Å². The lowest BCUT2D eigenvalue weighted by Gasteiger charge is -2.28. The van der Waals surface area contributed by atoms with Gasteiger partial charge in [0, 0.05) is 6.54 Å². The number of hydrogen-bond donors (Lipinski definition) is 2. The van der Waals surface area contributed by atoms with E-state index in [0.29, 0.717) is 12.5 Å². The Morgan fingerprint density at radius 3 is 3.00 bits per heavy atom. The van der Waals surface area contributed by atoms with E-state index >= 15 is 0 Å². The second-order valence-corrected chi connectivity index (χ2v) is 6.49. The van der Waals surface area contributed by atoms with E-state index in [0.717, 1.165) is 22.2 Å². The maximum absolute atomic E-state index is 12.1. The number of thiophene rings is 1. The van der Waals surface area contributed by atoms with Crippen molar-refractivity contribution in [2.24, 2.45) is 17.6 Å². The molecule has 3 nitrogen and oxygen atoms in total. The van der Waals surface area contributed by atoms with E-state index in [4.69, 9.17) is 5.73 Å². The van der Waals surface area contributed by atoms with Gasteiger partial charge in [-0.25, -0.2) is 0 Å². The van der Waals surface area contributed by atoms with Crippen LogP contribution in [-0.4, -0.2) is 19.0 Å². The molecule has 2 unspecified atom stereocenters. The Morgan fingerprint density at radius 1 is 1.45 bits per heavy atom. The number of rotatable bonds is 3. The normalized spacial score (nSPS) is 21.9. The SMILES string of the molecule is CC1CCCCC1CNC(=O)c1ccc(C#CCN)s1. The molecule has 0 spiro atoms. The molecule has 3 N–H and O–H groups in total. The van der Waals surface area contributed by atoms with E-state index in [1.54, 1.807) is 0 Å². The molecule has 1 heterocycles. The molecule has 0 saturated heterocycles. The van der Waals surface area contributed by atoms with Crippen LogP contribution in [0.3, 0.4) is 0 Å². The number of amides is 1. The highest BCUT2D eigenvalue weighted by molar-refractivity contribution is 7.14. The van der Waals surface area contributed by atoms with Crippen molar-refractivity contribution in [1.29, 1.82) is 0 Å². The number of nitrogens with two attached hydrogens (primary N) is 1.